The van der Waals surface area contributed by atoms with Gasteiger partial charge in [-0.2, -0.15) is 0 Å². The number of urea groups is 1. The summed E-state index contributed by atoms with van der Waals surface area (Å²) in [6, 6.07) is 9.08. The quantitative estimate of drug-likeness (QED) is 0.737. The number of rotatable bonds is 5. The van der Waals surface area contributed by atoms with Crippen molar-refractivity contribution in [2.24, 2.45) is 4.99 Å². The lowest BCUT2D eigenvalue weighted by Gasteiger charge is -2.40. The Morgan fingerprint density at radius 2 is 1.82 bits per heavy atom. The van der Waals surface area contributed by atoms with Crippen molar-refractivity contribution in [3.8, 4) is 0 Å². The molecule has 3 aliphatic heterocycles. The van der Waals surface area contributed by atoms with E-state index in [0.29, 0.717) is 19.5 Å². The van der Waals surface area contributed by atoms with Crippen LogP contribution in [0.5, 0.6) is 0 Å². The van der Waals surface area contributed by atoms with Gasteiger partial charge in [-0.25, -0.2) is 9.79 Å². The molecule has 146 valence electrons. The van der Waals surface area contributed by atoms with Crippen LogP contribution in [0.25, 0.3) is 0 Å². The number of hydrogen-bond donors (Lipinski definition) is 0. The van der Waals surface area contributed by atoms with Gasteiger partial charge in [-0.1, -0.05) is 36.4 Å². The third kappa shape index (κ3) is 2.61. The highest BCUT2D eigenvalue weighted by atomic mass is 16.2. The molecule has 2 atom stereocenters. The van der Waals surface area contributed by atoms with Gasteiger partial charge < -0.3 is 9.80 Å². The maximum atomic E-state index is 13.3. The van der Waals surface area contributed by atoms with E-state index in [4.69, 9.17) is 4.99 Å². The topological polar surface area (TPSA) is 59.5 Å². The minimum absolute atomic E-state index is 0.185. The summed E-state index contributed by atoms with van der Waals surface area (Å²) in [7, 11) is 1.72. The number of carbonyl (C=O) groups is 2. The molecule has 3 aliphatic rings. The summed E-state index contributed by atoms with van der Waals surface area (Å²) in [5.74, 6) is 0.540. The number of fused-ring (bicyclic) bond motifs is 3. The monoisotopic (exact) mass is 379 g/mol. The average Bonchev–Trinajstić information content (AvgIpc) is 3.19. The van der Waals surface area contributed by atoms with Crippen LogP contribution in [0, 0.1) is 0 Å². The summed E-state index contributed by atoms with van der Waals surface area (Å²) in [5.41, 5.74) is 3.15. The van der Waals surface area contributed by atoms with E-state index in [9.17, 15) is 9.59 Å². The van der Waals surface area contributed by atoms with E-state index < -0.39 is 12.2 Å². The summed E-state index contributed by atoms with van der Waals surface area (Å²) in [6.45, 7) is 8.80. The second-order valence-corrected chi connectivity index (χ2v) is 7.35. The smallest absolute Gasteiger partial charge is 0.311 e. The number of guanidine groups is 1. The van der Waals surface area contributed by atoms with Crippen LogP contribution in [0.4, 0.5) is 4.79 Å². The highest BCUT2D eigenvalue weighted by molar-refractivity contribution is 6.05. The van der Waals surface area contributed by atoms with Gasteiger partial charge in [0, 0.05) is 31.5 Å². The normalized spacial score (nSPS) is 24.0. The van der Waals surface area contributed by atoms with Crippen molar-refractivity contribution in [2.75, 3.05) is 20.1 Å². The standard InChI is InChI=1S/C21H25N5O2/c1-5-12-24-14(2)15(3)26-17-18(22-20(24)26)23(4)21(28)25(19(17)27)13-11-16-9-7-6-8-10-16/h5-10,17-18H,1,11-13H2,2-4H3. The molecular weight excluding hydrogens is 354 g/mol. The maximum absolute atomic E-state index is 13.3. The third-order valence-electron chi connectivity index (χ3n) is 5.78. The van der Waals surface area contributed by atoms with Crippen LogP contribution in [0.1, 0.15) is 19.4 Å². The zero-order chi connectivity index (χ0) is 20.0. The Morgan fingerprint density at radius 1 is 1.11 bits per heavy atom. The molecule has 3 heterocycles. The Balaban J connectivity index is 1.61. The predicted molar refractivity (Wildman–Crippen MR) is 107 cm³/mol. The van der Waals surface area contributed by atoms with E-state index in [1.54, 1.807) is 11.9 Å². The van der Waals surface area contributed by atoms with Crippen LogP contribution in [0.2, 0.25) is 0 Å². The molecule has 1 aromatic carbocycles. The van der Waals surface area contributed by atoms with E-state index in [1.165, 1.54) is 4.90 Å². The lowest BCUT2D eigenvalue weighted by atomic mass is 10.1. The molecule has 1 aromatic rings. The molecule has 7 nitrogen and oxygen atoms in total. The predicted octanol–water partition coefficient (Wildman–Crippen LogP) is 2.24. The minimum Gasteiger partial charge on any atom is -0.311 e. The summed E-state index contributed by atoms with van der Waals surface area (Å²) in [5, 5.41) is 0. The summed E-state index contributed by atoms with van der Waals surface area (Å²) in [4.78, 5) is 37.9. The van der Waals surface area contributed by atoms with E-state index in [2.05, 4.69) is 6.58 Å². The van der Waals surface area contributed by atoms with Crippen molar-refractivity contribution in [3.05, 3.63) is 59.9 Å². The zero-order valence-electron chi connectivity index (χ0n) is 16.5. The van der Waals surface area contributed by atoms with E-state index in [0.717, 1.165) is 22.9 Å². The Kier molecular flexibility index (Phi) is 4.45. The van der Waals surface area contributed by atoms with Gasteiger partial charge in [0.05, 0.1) is 0 Å². The SMILES string of the molecule is C=CCN1C2=NC3C(C(=O)N(CCc4ccccc4)C(=O)N3C)N2C(C)=C1C. The van der Waals surface area contributed by atoms with Crippen LogP contribution in [0.3, 0.4) is 0 Å². The van der Waals surface area contributed by atoms with Crippen LogP contribution in [-0.2, 0) is 11.2 Å². The van der Waals surface area contributed by atoms with Crippen LogP contribution < -0.4 is 0 Å². The number of nitrogens with zero attached hydrogens (tertiary/aromatic N) is 5. The molecule has 28 heavy (non-hydrogen) atoms. The van der Waals surface area contributed by atoms with E-state index in [1.807, 2.05) is 60.1 Å². The van der Waals surface area contributed by atoms with Gasteiger partial charge in [-0.05, 0) is 25.8 Å². The van der Waals surface area contributed by atoms with Crippen LogP contribution >= 0.6 is 0 Å². The average molecular weight is 379 g/mol. The highest BCUT2D eigenvalue weighted by Crippen LogP contribution is 2.37. The number of benzene rings is 1. The van der Waals surface area contributed by atoms with Crippen molar-refractivity contribution in [2.45, 2.75) is 32.5 Å². The first-order valence-electron chi connectivity index (χ1n) is 9.50. The molecule has 0 radical (unpaired) electrons. The number of carbonyl (C=O) groups excluding carboxylic acids is 2. The van der Waals surface area contributed by atoms with Crippen molar-refractivity contribution < 1.29 is 9.59 Å². The van der Waals surface area contributed by atoms with E-state index >= 15 is 0 Å². The number of allylic oxidation sites excluding steroid dienone is 2. The number of imide groups is 1. The maximum Gasteiger partial charge on any atom is 0.328 e. The first kappa shape index (κ1) is 18.3. The number of amides is 3. The molecule has 0 bridgehead atoms. The molecule has 1 saturated heterocycles. The molecule has 0 saturated carbocycles. The zero-order valence-corrected chi connectivity index (χ0v) is 16.5. The van der Waals surface area contributed by atoms with Gasteiger partial charge in [0.25, 0.3) is 5.91 Å². The van der Waals surface area contributed by atoms with Crippen LogP contribution in [0.15, 0.2) is 59.4 Å². The van der Waals surface area contributed by atoms with Crippen molar-refractivity contribution in [3.63, 3.8) is 0 Å². The first-order chi connectivity index (χ1) is 13.5. The summed E-state index contributed by atoms with van der Waals surface area (Å²) >= 11 is 0. The molecule has 2 unspecified atom stereocenters. The molecule has 0 N–H and O–H groups in total. The summed E-state index contributed by atoms with van der Waals surface area (Å²) in [6.07, 6.45) is 1.94. The second kappa shape index (κ2) is 6.82. The third-order valence-corrected chi connectivity index (χ3v) is 5.78. The molecule has 0 aliphatic carbocycles. The number of aliphatic imine (C=N–C) groups is 1. The second-order valence-electron chi connectivity index (χ2n) is 7.35. The number of hydrogen-bond acceptors (Lipinski definition) is 5. The van der Waals surface area contributed by atoms with Crippen molar-refractivity contribution >= 4 is 17.9 Å². The Morgan fingerprint density at radius 3 is 2.50 bits per heavy atom. The summed E-state index contributed by atoms with van der Waals surface area (Å²) < 4.78 is 0. The minimum atomic E-state index is -0.516. The Bertz CT molecular complexity index is 891. The largest absolute Gasteiger partial charge is 0.328 e. The molecule has 0 spiro atoms. The fraction of sp³-hybridized carbons (Fsp3) is 0.381. The van der Waals surface area contributed by atoms with Crippen molar-refractivity contribution in [1.29, 1.82) is 0 Å². The molecule has 7 heteroatoms. The lowest BCUT2D eigenvalue weighted by molar-refractivity contribution is -0.136. The molecular formula is C21H25N5O2. The van der Waals surface area contributed by atoms with Gasteiger partial charge in [-0.15, -0.1) is 6.58 Å². The Hall–Kier alpha value is -3.09. The fourth-order valence-corrected chi connectivity index (χ4v) is 4.12. The number of likely N-dealkylation sites (N-methyl/N-ethyl adjacent to an activating group) is 1. The highest BCUT2D eigenvalue weighted by Gasteiger charge is 2.55. The fourth-order valence-electron chi connectivity index (χ4n) is 4.12. The Labute approximate surface area is 165 Å². The molecule has 4 rings (SSSR count). The van der Waals surface area contributed by atoms with Gasteiger partial charge in [0.1, 0.15) is 0 Å². The van der Waals surface area contributed by atoms with Gasteiger partial charge >= 0.3 is 6.03 Å². The van der Waals surface area contributed by atoms with Gasteiger partial charge in [0.2, 0.25) is 5.96 Å². The van der Waals surface area contributed by atoms with Gasteiger partial charge in [-0.3, -0.25) is 14.6 Å². The molecule has 3 amide bonds. The van der Waals surface area contributed by atoms with Crippen molar-refractivity contribution in [1.82, 2.24) is 19.6 Å². The van der Waals surface area contributed by atoms with E-state index in [-0.39, 0.29) is 11.9 Å². The first-order valence-corrected chi connectivity index (χ1v) is 9.50. The van der Waals surface area contributed by atoms with Gasteiger partial charge in [0.15, 0.2) is 12.2 Å². The molecule has 0 aromatic heterocycles. The lowest BCUT2D eigenvalue weighted by Crippen LogP contribution is -2.64. The molecule has 1 fully saturated rings. The van der Waals surface area contributed by atoms with Crippen LogP contribution in [-0.4, -0.2) is 69.8 Å².